The number of aromatic nitrogens is 2. The minimum absolute atomic E-state index is 0.0864. The van der Waals surface area contributed by atoms with Gasteiger partial charge in [0, 0.05) is 37.5 Å². The first kappa shape index (κ1) is 17.0. The lowest BCUT2D eigenvalue weighted by Crippen LogP contribution is -2.58. The van der Waals surface area contributed by atoms with Crippen molar-refractivity contribution in [3.63, 3.8) is 0 Å². The summed E-state index contributed by atoms with van der Waals surface area (Å²) < 4.78 is 56.4. The molecule has 1 fully saturated rings. The number of halogens is 2. The standard InChI is InChI=1S/C16H19F2N3O2S/c1-10-7-13(12(18)8-11(10)17)24(22,23)21-9-16(2,3)14(21)15-19-5-6-20(15)4/h5-8,14H,9H2,1-4H3/t14-/m1/s1. The maximum atomic E-state index is 14.1. The quantitative estimate of drug-likeness (QED) is 0.851. The van der Waals surface area contributed by atoms with Crippen LogP contribution in [0.5, 0.6) is 0 Å². The van der Waals surface area contributed by atoms with Gasteiger partial charge in [-0.2, -0.15) is 4.31 Å². The van der Waals surface area contributed by atoms with E-state index in [1.54, 1.807) is 24.0 Å². The van der Waals surface area contributed by atoms with Crippen molar-refractivity contribution in [2.45, 2.75) is 31.7 Å². The maximum Gasteiger partial charge on any atom is 0.246 e. The minimum Gasteiger partial charge on any atom is -0.337 e. The van der Waals surface area contributed by atoms with Crippen LogP contribution >= 0.6 is 0 Å². The van der Waals surface area contributed by atoms with Gasteiger partial charge in [-0.15, -0.1) is 0 Å². The number of benzene rings is 1. The number of hydrogen-bond acceptors (Lipinski definition) is 3. The normalized spacial score (nSPS) is 20.8. The van der Waals surface area contributed by atoms with Crippen molar-refractivity contribution >= 4 is 10.0 Å². The summed E-state index contributed by atoms with van der Waals surface area (Å²) in [4.78, 5) is 3.74. The van der Waals surface area contributed by atoms with Crippen molar-refractivity contribution in [1.82, 2.24) is 13.9 Å². The van der Waals surface area contributed by atoms with Crippen LogP contribution in [0.25, 0.3) is 0 Å². The molecule has 0 unspecified atom stereocenters. The number of sulfonamides is 1. The van der Waals surface area contributed by atoms with Gasteiger partial charge in [0.2, 0.25) is 10.0 Å². The van der Waals surface area contributed by atoms with Crippen molar-refractivity contribution in [3.8, 4) is 0 Å². The number of nitrogens with zero attached hydrogens (tertiary/aromatic N) is 3. The fourth-order valence-corrected chi connectivity index (χ4v) is 5.20. The molecule has 0 amide bonds. The average Bonchev–Trinajstić information content (AvgIpc) is 2.86. The van der Waals surface area contributed by atoms with Gasteiger partial charge in [-0.05, 0) is 18.6 Å². The Morgan fingerprint density at radius 1 is 1.25 bits per heavy atom. The molecule has 8 heteroatoms. The third-order valence-electron chi connectivity index (χ3n) is 4.49. The molecule has 0 saturated carbocycles. The van der Waals surface area contributed by atoms with Crippen LogP contribution in [-0.4, -0.2) is 28.8 Å². The number of imidazole rings is 1. The summed E-state index contributed by atoms with van der Waals surface area (Å²) in [5, 5.41) is 0. The zero-order valence-corrected chi connectivity index (χ0v) is 14.7. The number of aryl methyl sites for hydroxylation is 2. The van der Waals surface area contributed by atoms with Gasteiger partial charge in [-0.3, -0.25) is 0 Å². The molecule has 1 aliphatic heterocycles. The summed E-state index contributed by atoms with van der Waals surface area (Å²) in [6.45, 7) is 5.52. The largest absolute Gasteiger partial charge is 0.337 e. The Balaban J connectivity index is 2.08. The zero-order chi connectivity index (χ0) is 17.9. The predicted octanol–water partition coefficient (Wildman–Crippen LogP) is 2.78. The Bertz CT molecular complexity index is 906. The van der Waals surface area contributed by atoms with Crippen LogP contribution in [0.3, 0.4) is 0 Å². The lowest BCUT2D eigenvalue weighted by Gasteiger charge is -2.52. The van der Waals surface area contributed by atoms with E-state index in [1.807, 2.05) is 13.8 Å². The van der Waals surface area contributed by atoms with Gasteiger partial charge in [0.15, 0.2) is 0 Å². The highest BCUT2D eigenvalue weighted by atomic mass is 32.2. The van der Waals surface area contributed by atoms with Crippen LogP contribution < -0.4 is 0 Å². The first-order chi connectivity index (χ1) is 11.1. The van der Waals surface area contributed by atoms with E-state index in [0.29, 0.717) is 11.9 Å². The lowest BCUT2D eigenvalue weighted by molar-refractivity contribution is 0.0118. The molecular weight excluding hydrogens is 336 g/mol. The van der Waals surface area contributed by atoms with Crippen molar-refractivity contribution in [2.24, 2.45) is 12.5 Å². The Morgan fingerprint density at radius 3 is 2.46 bits per heavy atom. The first-order valence-electron chi connectivity index (χ1n) is 7.50. The molecule has 5 nitrogen and oxygen atoms in total. The monoisotopic (exact) mass is 355 g/mol. The van der Waals surface area contributed by atoms with Gasteiger partial charge in [0.1, 0.15) is 22.4 Å². The van der Waals surface area contributed by atoms with Gasteiger partial charge >= 0.3 is 0 Å². The predicted molar refractivity (Wildman–Crippen MR) is 84.7 cm³/mol. The second kappa shape index (κ2) is 5.35. The van der Waals surface area contributed by atoms with Gasteiger partial charge in [-0.1, -0.05) is 13.8 Å². The van der Waals surface area contributed by atoms with Gasteiger partial charge in [0.25, 0.3) is 0 Å². The maximum absolute atomic E-state index is 14.1. The molecule has 1 aromatic heterocycles. The molecule has 1 atom stereocenters. The molecule has 2 aromatic rings. The molecule has 1 saturated heterocycles. The summed E-state index contributed by atoms with van der Waals surface area (Å²) in [7, 11) is -2.31. The third-order valence-corrected chi connectivity index (χ3v) is 6.32. The summed E-state index contributed by atoms with van der Waals surface area (Å²) in [6, 6.07) is 1.15. The highest BCUT2D eigenvalue weighted by Gasteiger charge is 2.54. The summed E-state index contributed by atoms with van der Waals surface area (Å²) >= 11 is 0. The molecule has 1 aliphatic rings. The molecule has 0 spiro atoms. The summed E-state index contributed by atoms with van der Waals surface area (Å²) in [5.74, 6) is -1.26. The molecule has 0 radical (unpaired) electrons. The fraction of sp³-hybridized carbons (Fsp3) is 0.438. The van der Waals surface area contributed by atoms with E-state index >= 15 is 0 Å². The number of rotatable bonds is 3. The Labute approximate surface area is 140 Å². The van der Waals surface area contributed by atoms with Gasteiger partial charge in [0.05, 0.1) is 6.04 Å². The molecule has 2 heterocycles. The van der Waals surface area contributed by atoms with Gasteiger partial charge < -0.3 is 4.57 Å². The Kier molecular flexibility index (Phi) is 3.80. The fourth-order valence-electron chi connectivity index (χ4n) is 3.15. The highest BCUT2D eigenvalue weighted by molar-refractivity contribution is 7.89. The Hall–Kier alpha value is -1.80. The van der Waals surface area contributed by atoms with Crippen LogP contribution in [0.1, 0.15) is 31.3 Å². The average molecular weight is 355 g/mol. The molecule has 1 aromatic carbocycles. The van der Waals surface area contributed by atoms with Gasteiger partial charge in [-0.25, -0.2) is 22.2 Å². The van der Waals surface area contributed by atoms with Crippen molar-refractivity contribution in [1.29, 1.82) is 0 Å². The van der Waals surface area contributed by atoms with E-state index in [2.05, 4.69) is 4.98 Å². The van der Waals surface area contributed by atoms with E-state index in [-0.39, 0.29) is 17.5 Å². The SMILES string of the molecule is Cc1cc(S(=O)(=O)N2CC(C)(C)[C@H]2c2nccn2C)c(F)cc1F. The van der Waals surface area contributed by atoms with Crippen molar-refractivity contribution in [3.05, 3.63) is 47.5 Å². The molecule has 3 rings (SSSR count). The first-order valence-corrected chi connectivity index (χ1v) is 8.94. The third kappa shape index (κ3) is 2.44. The van der Waals surface area contributed by atoms with Crippen molar-refractivity contribution < 1.29 is 17.2 Å². The number of hydrogen-bond donors (Lipinski definition) is 0. The van der Waals surface area contributed by atoms with E-state index < -0.39 is 32.6 Å². The second-order valence-electron chi connectivity index (χ2n) is 6.87. The van der Waals surface area contributed by atoms with E-state index in [0.717, 1.165) is 6.07 Å². The smallest absolute Gasteiger partial charge is 0.246 e. The van der Waals surface area contributed by atoms with Crippen molar-refractivity contribution in [2.75, 3.05) is 6.54 Å². The van der Waals surface area contributed by atoms with Crippen LogP contribution in [0.4, 0.5) is 8.78 Å². The highest BCUT2D eigenvalue weighted by Crippen LogP contribution is 2.50. The van der Waals surface area contributed by atoms with E-state index in [9.17, 15) is 17.2 Å². The molecule has 0 bridgehead atoms. The van der Waals surface area contributed by atoms with Crippen LogP contribution in [0.2, 0.25) is 0 Å². The lowest BCUT2D eigenvalue weighted by atomic mass is 9.76. The molecule has 0 N–H and O–H groups in total. The molecule has 24 heavy (non-hydrogen) atoms. The van der Waals surface area contributed by atoms with Crippen LogP contribution in [0.15, 0.2) is 29.4 Å². The second-order valence-corrected chi connectivity index (χ2v) is 8.73. The molecular formula is C16H19F2N3O2S. The Morgan fingerprint density at radius 2 is 1.92 bits per heavy atom. The van der Waals surface area contributed by atoms with E-state index in [4.69, 9.17) is 0 Å². The molecule has 130 valence electrons. The van der Waals surface area contributed by atoms with E-state index in [1.165, 1.54) is 11.2 Å². The van der Waals surface area contributed by atoms with Crippen LogP contribution in [-0.2, 0) is 17.1 Å². The minimum atomic E-state index is -4.10. The topological polar surface area (TPSA) is 55.2 Å². The van der Waals surface area contributed by atoms with Crippen LogP contribution in [0, 0.1) is 24.0 Å². The summed E-state index contributed by atoms with van der Waals surface area (Å²) in [6.07, 6.45) is 3.33. The molecule has 0 aliphatic carbocycles. The summed E-state index contributed by atoms with van der Waals surface area (Å²) in [5.41, 5.74) is -0.249. The zero-order valence-electron chi connectivity index (χ0n) is 13.9.